The summed E-state index contributed by atoms with van der Waals surface area (Å²) in [5.41, 5.74) is 2.89. The van der Waals surface area contributed by atoms with E-state index in [1.807, 2.05) is 24.3 Å². The number of nitrogens with one attached hydrogen (secondary N) is 1. The van der Waals surface area contributed by atoms with Gasteiger partial charge >= 0.3 is 0 Å². The molecular formula is C17H18N6OS. The molecule has 128 valence electrons. The summed E-state index contributed by atoms with van der Waals surface area (Å²) < 4.78 is 6.96. The maximum absolute atomic E-state index is 5.20. The molecule has 0 aliphatic heterocycles. The second-order valence-corrected chi connectivity index (χ2v) is 7.19. The fraction of sp³-hybridized carbons (Fsp3) is 0.294. The minimum Gasteiger partial charge on any atom is -0.497 e. The van der Waals surface area contributed by atoms with Gasteiger partial charge in [-0.3, -0.25) is 5.10 Å². The molecule has 0 aliphatic rings. The fourth-order valence-corrected chi connectivity index (χ4v) is 3.46. The van der Waals surface area contributed by atoms with Crippen molar-refractivity contribution in [1.29, 1.82) is 0 Å². The van der Waals surface area contributed by atoms with Crippen molar-refractivity contribution in [2.75, 3.05) is 7.11 Å². The van der Waals surface area contributed by atoms with Crippen LogP contribution in [0.15, 0.2) is 30.3 Å². The summed E-state index contributed by atoms with van der Waals surface area (Å²) in [4.78, 5) is 0.745. The molecule has 3 aromatic heterocycles. The molecular weight excluding hydrogens is 336 g/mol. The Morgan fingerprint density at radius 1 is 1.20 bits per heavy atom. The summed E-state index contributed by atoms with van der Waals surface area (Å²) in [6, 6.07) is 9.75. The molecule has 0 amide bonds. The number of benzene rings is 1. The van der Waals surface area contributed by atoms with Crippen LogP contribution in [0.2, 0.25) is 0 Å². The normalized spacial score (nSPS) is 11.5. The molecule has 7 nitrogen and oxygen atoms in total. The van der Waals surface area contributed by atoms with Crippen LogP contribution >= 0.6 is 11.3 Å². The average molecular weight is 354 g/mol. The first-order valence-electron chi connectivity index (χ1n) is 8.05. The molecule has 4 aromatic rings. The maximum Gasteiger partial charge on any atom is 0.235 e. The lowest BCUT2D eigenvalue weighted by Gasteiger charge is -2.00. The van der Waals surface area contributed by atoms with Crippen molar-refractivity contribution in [3.63, 3.8) is 0 Å². The smallest absolute Gasteiger partial charge is 0.235 e. The molecule has 0 spiro atoms. The molecule has 0 atom stereocenters. The second-order valence-electron chi connectivity index (χ2n) is 6.23. The van der Waals surface area contributed by atoms with Gasteiger partial charge in [-0.2, -0.15) is 14.7 Å². The summed E-state index contributed by atoms with van der Waals surface area (Å²) in [5.74, 6) is 2.09. The molecule has 0 aliphatic carbocycles. The van der Waals surface area contributed by atoms with E-state index < -0.39 is 0 Å². The Morgan fingerprint density at radius 3 is 2.72 bits per heavy atom. The van der Waals surface area contributed by atoms with Gasteiger partial charge in [0.15, 0.2) is 10.8 Å². The predicted octanol–water partition coefficient (Wildman–Crippen LogP) is 3.45. The minimum atomic E-state index is 0.577. The highest BCUT2D eigenvalue weighted by molar-refractivity contribution is 7.19. The SMILES string of the molecule is COc1ccc(-c2nnc3sc(-c4cc(CC(C)C)[nH]n4)nn23)cc1. The van der Waals surface area contributed by atoms with Crippen LogP contribution in [-0.4, -0.2) is 37.1 Å². The Hall–Kier alpha value is -2.74. The van der Waals surface area contributed by atoms with Crippen LogP contribution in [-0.2, 0) is 6.42 Å². The molecule has 0 radical (unpaired) electrons. The number of aromatic amines is 1. The van der Waals surface area contributed by atoms with E-state index >= 15 is 0 Å². The van der Waals surface area contributed by atoms with Crippen molar-refractivity contribution < 1.29 is 4.74 Å². The summed E-state index contributed by atoms with van der Waals surface area (Å²) in [6.07, 6.45) is 0.966. The Morgan fingerprint density at radius 2 is 2.00 bits per heavy atom. The number of rotatable bonds is 5. The van der Waals surface area contributed by atoms with Crippen molar-refractivity contribution in [2.45, 2.75) is 20.3 Å². The zero-order valence-corrected chi connectivity index (χ0v) is 15.0. The van der Waals surface area contributed by atoms with Gasteiger partial charge in [0, 0.05) is 11.3 Å². The van der Waals surface area contributed by atoms with Crippen molar-refractivity contribution in [3.05, 3.63) is 36.0 Å². The minimum absolute atomic E-state index is 0.577. The first-order chi connectivity index (χ1) is 12.1. The second kappa shape index (κ2) is 6.29. The molecule has 0 saturated heterocycles. The first-order valence-corrected chi connectivity index (χ1v) is 8.87. The summed E-state index contributed by atoms with van der Waals surface area (Å²) in [6.45, 7) is 4.37. The molecule has 25 heavy (non-hydrogen) atoms. The van der Waals surface area contributed by atoms with E-state index in [9.17, 15) is 0 Å². The average Bonchev–Trinajstić information content (AvgIpc) is 3.29. The molecule has 1 aromatic carbocycles. The largest absolute Gasteiger partial charge is 0.497 e. The van der Waals surface area contributed by atoms with Crippen molar-refractivity contribution in [3.8, 4) is 27.8 Å². The Bertz CT molecular complexity index is 998. The highest BCUT2D eigenvalue weighted by Crippen LogP contribution is 2.28. The van der Waals surface area contributed by atoms with Gasteiger partial charge in [0.2, 0.25) is 4.96 Å². The summed E-state index contributed by atoms with van der Waals surface area (Å²) in [7, 11) is 1.65. The quantitative estimate of drug-likeness (QED) is 0.594. The van der Waals surface area contributed by atoms with Crippen LogP contribution in [0.3, 0.4) is 0 Å². The van der Waals surface area contributed by atoms with Crippen molar-refractivity contribution >= 4 is 16.3 Å². The Kier molecular flexibility index (Phi) is 3.96. The molecule has 0 unspecified atom stereocenters. The van der Waals surface area contributed by atoms with Gasteiger partial charge in [-0.25, -0.2) is 0 Å². The zero-order chi connectivity index (χ0) is 17.4. The van der Waals surface area contributed by atoms with E-state index in [0.717, 1.165) is 39.1 Å². The monoisotopic (exact) mass is 354 g/mol. The molecule has 8 heteroatoms. The van der Waals surface area contributed by atoms with Gasteiger partial charge in [-0.1, -0.05) is 25.2 Å². The number of aromatic nitrogens is 6. The van der Waals surface area contributed by atoms with E-state index in [1.165, 1.54) is 11.3 Å². The number of nitrogens with zero attached hydrogens (tertiary/aromatic N) is 5. The first kappa shape index (κ1) is 15.8. The third kappa shape index (κ3) is 3.00. The number of fused-ring (bicyclic) bond motifs is 1. The highest BCUT2D eigenvalue weighted by Gasteiger charge is 2.16. The number of hydrogen-bond donors (Lipinski definition) is 1. The van der Waals surface area contributed by atoms with Gasteiger partial charge < -0.3 is 4.74 Å². The van der Waals surface area contributed by atoms with Gasteiger partial charge in [-0.15, -0.1) is 10.2 Å². The van der Waals surface area contributed by atoms with Gasteiger partial charge in [0.05, 0.1) is 7.11 Å². The van der Waals surface area contributed by atoms with E-state index in [1.54, 1.807) is 11.6 Å². The van der Waals surface area contributed by atoms with Crippen LogP contribution in [0.25, 0.3) is 27.1 Å². The molecule has 4 rings (SSSR count). The molecule has 0 fully saturated rings. The lowest BCUT2D eigenvalue weighted by molar-refractivity contribution is 0.415. The van der Waals surface area contributed by atoms with Crippen LogP contribution in [0.5, 0.6) is 5.75 Å². The van der Waals surface area contributed by atoms with E-state index in [0.29, 0.717) is 11.7 Å². The number of ether oxygens (including phenoxy) is 1. The molecule has 0 bridgehead atoms. The van der Waals surface area contributed by atoms with Crippen LogP contribution in [0.1, 0.15) is 19.5 Å². The van der Waals surface area contributed by atoms with Gasteiger partial charge in [-0.05, 0) is 42.7 Å². The summed E-state index contributed by atoms with van der Waals surface area (Å²) in [5, 5.41) is 21.4. The van der Waals surface area contributed by atoms with Crippen LogP contribution < -0.4 is 4.74 Å². The predicted molar refractivity (Wildman–Crippen MR) is 96.8 cm³/mol. The Balaban J connectivity index is 1.69. The topological polar surface area (TPSA) is 81.0 Å². The maximum atomic E-state index is 5.20. The zero-order valence-electron chi connectivity index (χ0n) is 14.2. The lowest BCUT2D eigenvalue weighted by Crippen LogP contribution is -1.93. The molecule has 3 heterocycles. The van der Waals surface area contributed by atoms with Gasteiger partial charge in [0.1, 0.15) is 11.4 Å². The molecule has 0 saturated carbocycles. The standard InChI is InChI=1S/C17H18N6OS/c1-10(2)8-12-9-14(19-18-12)16-22-23-15(20-21-17(23)25-16)11-4-6-13(24-3)7-5-11/h4-7,9-10H,8H2,1-3H3,(H,18,19). The lowest BCUT2D eigenvalue weighted by atomic mass is 10.1. The van der Waals surface area contributed by atoms with Crippen LogP contribution in [0, 0.1) is 5.92 Å². The van der Waals surface area contributed by atoms with E-state index in [4.69, 9.17) is 4.74 Å². The van der Waals surface area contributed by atoms with E-state index in [-0.39, 0.29) is 0 Å². The number of hydrogen-bond acceptors (Lipinski definition) is 6. The third-order valence-electron chi connectivity index (χ3n) is 3.82. The van der Waals surface area contributed by atoms with E-state index in [2.05, 4.69) is 45.4 Å². The fourth-order valence-electron chi connectivity index (χ4n) is 2.66. The van der Waals surface area contributed by atoms with Gasteiger partial charge in [0.25, 0.3) is 0 Å². The number of H-pyrrole nitrogens is 1. The van der Waals surface area contributed by atoms with Crippen molar-refractivity contribution in [1.82, 2.24) is 30.0 Å². The third-order valence-corrected chi connectivity index (χ3v) is 4.74. The summed E-state index contributed by atoms with van der Waals surface area (Å²) >= 11 is 1.48. The number of methoxy groups -OCH3 is 1. The molecule has 1 N–H and O–H groups in total. The highest BCUT2D eigenvalue weighted by atomic mass is 32.1. The van der Waals surface area contributed by atoms with Crippen molar-refractivity contribution in [2.24, 2.45) is 5.92 Å². The van der Waals surface area contributed by atoms with Crippen LogP contribution in [0.4, 0.5) is 0 Å². The Labute approximate surface area is 148 Å².